The van der Waals surface area contributed by atoms with E-state index in [0.717, 1.165) is 37.8 Å². The van der Waals surface area contributed by atoms with Gasteiger partial charge in [0.2, 0.25) is 0 Å². The third-order valence-corrected chi connectivity index (χ3v) is 5.30. The van der Waals surface area contributed by atoms with E-state index in [1.807, 2.05) is 39.0 Å². The zero-order chi connectivity index (χ0) is 19.6. The van der Waals surface area contributed by atoms with Crippen molar-refractivity contribution in [1.82, 2.24) is 5.32 Å². The molecule has 0 saturated heterocycles. The topological polar surface area (TPSA) is 85.6 Å². The molecule has 1 aromatic rings. The smallest absolute Gasteiger partial charge is 0.407 e. The predicted octanol–water partition coefficient (Wildman–Crippen LogP) is 3.47. The largest absolute Gasteiger partial charge is 0.444 e. The molecule has 1 heterocycles. The zero-order valence-electron chi connectivity index (χ0n) is 16.4. The molecule has 1 atom stereocenters. The number of carbonyl (C=O) groups is 1. The summed E-state index contributed by atoms with van der Waals surface area (Å²) in [4.78, 5) is 14.1. The number of ether oxygens (including phenoxy) is 1. The number of hydrogen-bond donors (Lipinski definition) is 2. The van der Waals surface area contributed by atoms with Crippen LogP contribution in [-0.4, -0.2) is 35.1 Å². The van der Waals surface area contributed by atoms with Gasteiger partial charge in [0, 0.05) is 17.8 Å². The summed E-state index contributed by atoms with van der Waals surface area (Å²) in [5, 5.41) is 22.8. The monoisotopic (exact) mass is 371 g/mol. The Labute approximate surface area is 161 Å². The van der Waals surface area contributed by atoms with Gasteiger partial charge in [0.1, 0.15) is 11.8 Å². The number of carbonyl (C=O) groups excluding carboxylic acids is 1. The van der Waals surface area contributed by atoms with E-state index in [0.29, 0.717) is 12.0 Å². The average Bonchev–Trinajstić information content (AvgIpc) is 2.60. The number of fused-ring (bicyclic) bond motifs is 1. The molecule has 1 aliphatic carbocycles. The maximum Gasteiger partial charge on any atom is 0.407 e. The number of nitrogens with zero attached hydrogens (tertiary/aromatic N) is 2. The van der Waals surface area contributed by atoms with Crippen LogP contribution in [0.2, 0.25) is 0 Å². The van der Waals surface area contributed by atoms with Gasteiger partial charge in [-0.2, -0.15) is 5.26 Å². The minimum absolute atomic E-state index is 0.1000. The number of benzene rings is 1. The summed E-state index contributed by atoms with van der Waals surface area (Å²) in [5.74, 6) is 0. The van der Waals surface area contributed by atoms with E-state index in [1.165, 1.54) is 5.56 Å². The Balaban J connectivity index is 1.65. The fourth-order valence-corrected chi connectivity index (χ4v) is 4.08. The Bertz CT molecular complexity index is 727. The van der Waals surface area contributed by atoms with E-state index in [-0.39, 0.29) is 18.2 Å². The van der Waals surface area contributed by atoms with Crippen LogP contribution in [0.15, 0.2) is 18.2 Å². The highest BCUT2D eigenvalue weighted by Gasteiger charge is 2.34. The molecule has 27 heavy (non-hydrogen) atoms. The van der Waals surface area contributed by atoms with Gasteiger partial charge in [-0.3, -0.25) is 0 Å². The van der Waals surface area contributed by atoms with Gasteiger partial charge in [0.05, 0.1) is 11.6 Å². The molecular weight excluding hydrogens is 342 g/mol. The SMILES string of the molecule is CC(C)(C)OC(=O)NC1CCC(N2c3cc(C#N)ccc3CCC2O)CC1. The summed E-state index contributed by atoms with van der Waals surface area (Å²) in [7, 11) is 0. The van der Waals surface area contributed by atoms with E-state index in [4.69, 9.17) is 4.74 Å². The maximum atomic E-state index is 12.0. The first kappa shape index (κ1) is 19.5. The van der Waals surface area contributed by atoms with Crippen molar-refractivity contribution in [3.63, 3.8) is 0 Å². The number of anilines is 1. The van der Waals surface area contributed by atoms with Crippen molar-refractivity contribution in [3.05, 3.63) is 29.3 Å². The zero-order valence-corrected chi connectivity index (χ0v) is 16.4. The second-order valence-corrected chi connectivity index (χ2v) is 8.53. The highest BCUT2D eigenvalue weighted by Crippen LogP contribution is 2.36. The van der Waals surface area contributed by atoms with Crippen LogP contribution in [0.5, 0.6) is 0 Å². The third-order valence-electron chi connectivity index (χ3n) is 5.30. The van der Waals surface area contributed by atoms with Gasteiger partial charge in [-0.1, -0.05) is 6.07 Å². The lowest BCUT2D eigenvalue weighted by molar-refractivity contribution is 0.0487. The van der Waals surface area contributed by atoms with Crippen molar-refractivity contribution in [2.45, 2.75) is 83.2 Å². The first-order chi connectivity index (χ1) is 12.8. The van der Waals surface area contributed by atoms with Crippen LogP contribution in [0.25, 0.3) is 0 Å². The third kappa shape index (κ3) is 4.72. The average molecular weight is 371 g/mol. The Morgan fingerprint density at radius 2 is 1.96 bits per heavy atom. The number of alkyl carbamates (subject to hydrolysis) is 1. The molecule has 2 aliphatic rings. The molecule has 1 saturated carbocycles. The highest BCUT2D eigenvalue weighted by atomic mass is 16.6. The lowest BCUT2D eigenvalue weighted by Crippen LogP contribution is -2.50. The van der Waals surface area contributed by atoms with E-state index in [2.05, 4.69) is 16.3 Å². The number of aliphatic hydroxyl groups is 1. The Morgan fingerprint density at radius 1 is 1.26 bits per heavy atom. The van der Waals surface area contributed by atoms with Crippen LogP contribution in [0.1, 0.15) is 64.0 Å². The molecule has 1 unspecified atom stereocenters. The van der Waals surface area contributed by atoms with E-state index < -0.39 is 11.8 Å². The maximum absolute atomic E-state index is 12.0. The molecule has 1 aromatic carbocycles. The van der Waals surface area contributed by atoms with Gasteiger partial charge < -0.3 is 20.1 Å². The first-order valence-electron chi connectivity index (χ1n) is 9.76. The fourth-order valence-electron chi connectivity index (χ4n) is 4.08. The Morgan fingerprint density at radius 3 is 2.59 bits per heavy atom. The van der Waals surface area contributed by atoms with Crippen LogP contribution in [0.3, 0.4) is 0 Å². The lowest BCUT2D eigenvalue weighted by atomic mass is 9.87. The molecule has 2 N–H and O–H groups in total. The minimum atomic E-state index is -0.521. The summed E-state index contributed by atoms with van der Waals surface area (Å²) in [6.07, 6.45) is 4.10. The van der Waals surface area contributed by atoms with Crippen LogP contribution in [0.4, 0.5) is 10.5 Å². The van der Waals surface area contributed by atoms with Crippen molar-refractivity contribution >= 4 is 11.8 Å². The van der Waals surface area contributed by atoms with Crippen molar-refractivity contribution in [3.8, 4) is 6.07 Å². The summed E-state index contributed by atoms with van der Waals surface area (Å²) in [6.45, 7) is 5.57. The summed E-state index contributed by atoms with van der Waals surface area (Å²) < 4.78 is 5.34. The number of amides is 1. The molecule has 0 aromatic heterocycles. The van der Waals surface area contributed by atoms with Gasteiger partial charge in [0.25, 0.3) is 0 Å². The number of nitriles is 1. The molecule has 1 fully saturated rings. The first-order valence-corrected chi connectivity index (χ1v) is 9.76. The number of aryl methyl sites for hydroxylation is 1. The molecule has 3 rings (SSSR count). The van der Waals surface area contributed by atoms with E-state index >= 15 is 0 Å². The van der Waals surface area contributed by atoms with Crippen molar-refractivity contribution in [1.29, 1.82) is 5.26 Å². The van der Waals surface area contributed by atoms with Crippen molar-refractivity contribution < 1.29 is 14.6 Å². The van der Waals surface area contributed by atoms with Crippen LogP contribution < -0.4 is 10.2 Å². The fraction of sp³-hybridized carbons (Fsp3) is 0.619. The summed E-state index contributed by atoms with van der Waals surface area (Å²) in [6, 6.07) is 8.24. The molecule has 0 spiro atoms. The Hall–Kier alpha value is -2.26. The molecule has 1 amide bonds. The molecule has 146 valence electrons. The van der Waals surface area contributed by atoms with Gasteiger partial charge in [0.15, 0.2) is 0 Å². The predicted molar refractivity (Wildman–Crippen MR) is 103 cm³/mol. The normalized spacial score (nSPS) is 25.3. The number of hydrogen-bond acceptors (Lipinski definition) is 5. The van der Waals surface area contributed by atoms with Gasteiger partial charge in [-0.15, -0.1) is 0 Å². The molecule has 0 bridgehead atoms. The molecule has 0 radical (unpaired) electrons. The number of nitrogens with one attached hydrogen (secondary N) is 1. The highest BCUT2D eigenvalue weighted by molar-refractivity contribution is 5.68. The van der Waals surface area contributed by atoms with Gasteiger partial charge >= 0.3 is 6.09 Å². The number of rotatable bonds is 2. The van der Waals surface area contributed by atoms with Crippen molar-refractivity contribution in [2.24, 2.45) is 0 Å². The number of aliphatic hydroxyl groups excluding tert-OH is 1. The van der Waals surface area contributed by atoms with Crippen LogP contribution in [-0.2, 0) is 11.2 Å². The quantitative estimate of drug-likeness (QED) is 0.831. The molecule has 6 nitrogen and oxygen atoms in total. The van der Waals surface area contributed by atoms with Crippen LogP contribution in [0, 0.1) is 11.3 Å². The van der Waals surface area contributed by atoms with Gasteiger partial charge in [-0.25, -0.2) is 4.79 Å². The standard InChI is InChI=1S/C21H29N3O3/c1-21(2,3)27-20(26)23-16-7-9-17(10-8-16)24-18-12-14(13-22)4-5-15(18)6-11-19(24)25/h4-5,12,16-17,19,25H,6-11H2,1-3H3,(H,23,26). The second-order valence-electron chi connectivity index (χ2n) is 8.53. The summed E-state index contributed by atoms with van der Waals surface area (Å²) in [5.41, 5.74) is 2.29. The second kappa shape index (κ2) is 7.77. The molecule has 1 aliphatic heterocycles. The van der Waals surface area contributed by atoms with Gasteiger partial charge in [-0.05, 0) is 77.0 Å². The minimum Gasteiger partial charge on any atom is -0.444 e. The Kier molecular flexibility index (Phi) is 5.61. The lowest BCUT2D eigenvalue weighted by Gasteiger charge is -2.44. The van der Waals surface area contributed by atoms with E-state index in [1.54, 1.807) is 0 Å². The van der Waals surface area contributed by atoms with Crippen LogP contribution >= 0.6 is 0 Å². The molecular formula is C21H29N3O3. The van der Waals surface area contributed by atoms with Crippen molar-refractivity contribution in [2.75, 3.05) is 4.90 Å². The van der Waals surface area contributed by atoms with E-state index in [9.17, 15) is 15.2 Å². The summed E-state index contributed by atoms with van der Waals surface area (Å²) >= 11 is 0. The molecule has 6 heteroatoms.